The summed E-state index contributed by atoms with van der Waals surface area (Å²) in [5.74, 6) is -0.924. The van der Waals surface area contributed by atoms with E-state index in [4.69, 9.17) is 16.6 Å². The van der Waals surface area contributed by atoms with Crippen molar-refractivity contribution in [1.29, 1.82) is 0 Å². The molecule has 9 heteroatoms. The van der Waals surface area contributed by atoms with Gasteiger partial charge >= 0.3 is 0 Å². The van der Waals surface area contributed by atoms with Gasteiger partial charge in [-0.15, -0.1) is 0 Å². The Morgan fingerprint density at radius 3 is 2.39 bits per heavy atom. The number of nitrogens with zero attached hydrogens (tertiary/aromatic N) is 4. The molecule has 2 aromatic carbocycles. The zero-order valence-electron chi connectivity index (χ0n) is 20.0. The van der Waals surface area contributed by atoms with Crippen molar-refractivity contribution < 1.29 is 13.2 Å². The first-order chi connectivity index (χ1) is 17.5. The average Bonchev–Trinajstić information content (AvgIpc) is 2.89. The van der Waals surface area contributed by atoms with E-state index >= 15 is 0 Å². The zero-order chi connectivity index (χ0) is 25.1. The van der Waals surface area contributed by atoms with Crippen LogP contribution in [-0.4, -0.2) is 47.1 Å². The van der Waals surface area contributed by atoms with E-state index in [0.717, 1.165) is 32.0 Å². The van der Waals surface area contributed by atoms with E-state index in [1.165, 1.54) is 50.6 Å². The molecule has 2 aliphatic heterocycles. The van der Waals surface area contributed by atoms with Gasteiger partial charge in [0, 0.05) is 59.7 Å². The Labute approximate surface area is 214 Å². The predicted octanol–water partition coefficient (Wildman–Crippen LogP) is 6.28. The fourth-order valence-corrected chi connectivity index (χ4v) is 5.28. The third-order valence-corrected chi connectivity index (χ3v) is 7.35. The van der Waals surface area contributed by atoms with Gasteiger partial charge in [0.15, 0.2) is 0 Å². The molecule has 0 bridgehead atoms. The van der Waals surface area contributed by atoms with Crippen molar-refractivity contribution in [3.8, 4) is 11.1 Å². The van der Waals surface area contributed by atoms with Gasteiger partial charge in [0.1, 0.15) is 23.3 Å². The first kappa shape index (κ1) is 24.8. The summed E-state index contributed by atoms with van der Waals surface area (Å²) < 4.78 is 42.6. The molecule has 0 saturated carbocycles. The second-order valence-electron chi connectivity index (χ2n) is 9.46. The molecule has 190 valence electrons. The molecule has 5 rings (SSSR count). The predicted molar refractivity (Wildman–Crippen MR) is 137 cm³/mol. The molecule has 5 nitrogen and oxygen atoms in total. The van der Waals surface area contributed by atoms with E-state index in [-0.39, 0.29) is 12.1 Å². The van der Waals surface area contributed by atoms with E-state index in [1.54, 1.807) is 18.3 Å². The molecule has 3 aromatic rings. The summed E-state index contributed by atoms with van der Waals surface area (Å²) in [6, 6.07) is 8.42. The molecular weight excluding hydrogens is 487 g/mol. The average molecular weight is 516 g/mol. The molecule has 2 saturated heterocycles. The molecule has 0 radical (unpaired) electrons. The normalized spacial score (nSPS) is 17.4. The number of benzene rings is 2. The number of rotatable bonds is 6. The number of aromatic nitrogens is 2. The Morgan fingerprint density at radius 2 is 1.67 bits per heavy atom. The number of likely N-dealkylation sites (tertiary alicyclic amines) is 1. The molecular formula is C27H29ClF3N5. The summed E-state index contributed by atoms with van der Waals surface area (Å²) in [7, 11) is 0. The Balaban J connectivity index is 1.38. The molecule has 0 unspecified atom stereocenters. The third kappa shape index (κ3) is 5.60. The van der Waals surface area contributed by atoms with Crippen LogP contribution in [0.4, 0.5) is 24.9 Å². The lowest BCUT2D eigenvalue weighted by molar-refractivity contribution is 0.141. The molecule has 0 aliphatic carbocycles. The van der Waals surface area contributed by atoms with Crippen molar-refractivity contribution >= 4 is 23.4 Å². The lowest BCUT2D eigenvalue weighted by atomic mass is 10.00. The fourth-order valence-electron chi connectivity index (χ4n) is 5.12. The van der Waals surface area contributed by atoms with Crippen LogP contribution in [0.15, 0.2) is 42.6 Å². The van der Waals surface area contributed by atoms with Gasteiger partial charge in [0.25, 0.3) is 0 Å². The van der Waals surface area contributed by atoms with Crippen LogP contribution < -0.4 is 10.2 Å². The minimum absolute atomic E-state index is 0.117. The maximum Gasteiger partial charge on any atom is 0.227 e. The number of hydrogen-bond donors (Lipinski definition) is 1. The fraction of sp³-hybridized carbons (Fsp3) is 0.407. The van der Waals surface area contributed by atoms with Gasteiger partial charge in [0.2, 0.25) is 5.95 Å². The highest BCUT2D eigenvalue weighted by Crippen LogP contribution is 2.32. The highest BCUT2D eigenvalue weighted by atomic mass is 35.5. The number of piperidine rings is 2. The molecule has 2 aliphatic rings. The van der Waals surface area contributed by atoms with Crippen LogP contribution in [-0.2, 0) is 6.54 Å². The monoisotopic (exact) mass is 515 g/mol. The van der Waals surface area contributed by atoms with Crippen LogP contribution in [0, 0.1) is 17.5 Å². The van der Waals surface area contributed by atoms with Gasteiger partial charge in [-0.3, -0.25) is 0 Å². The van der Waals surface area contributed by atoms with Crippen LogP contribution in [0.5, 0.6) is 0 Å². The van der Waals surface area contributed by atoms with Crippen LogP contribution in [0.2, 0.25) is 5.02 Å². The Morgan fingerprint density at radius 1 is 0.889 bits per heavy atom. The van der Waals surface area contributed by atoms with Crippen molar-refractivity contribution in [3.63, 3.8) is 0 Å². The molecule has 3 heterocycles. The van der Waals surface area contributed by atoms with Crippen LogP contribution in [0.3, 0.4) is 0 Å². The van der Waals surface area contributed by atoms with E-state index in [2.05, 4.69) is 20.1 Å². The van der Waals surface area contributed by atoms with Crippen molar-refractivity contribution in [1.82, 2.24) is 14.9 Å². The van der Waals surface area contributed by atoms with E-state index in [9.17, 15) is 13.2 Å². The molecule has 0 atom stereocenters. The van der Waals surface area contributed by atoms with Crippen molar-refractivity contribution in [3.05, 3.63) is 70.6 Å². The van der Waals surface area contributed by atoms with Gasteiger partial charge in [-0.2, -0.15) is 4.98 Å². The maximum atomic E-state index is 14.6. The number of halogens is 4. The van der Waals surface area contributed by atoms with E-state index in [0.29, 0.717) is 34.0 Å². The van der Waals surface area contributed by atoms with Gasteiger partial charge in [0.05, 0.1) is 0 Å². The van der Waals surface area contributed by atoms with Gasteiger partial charge in [-0.05, 0) is 63.0 Å². The third-order valence-electron chi connectivity index (χ3n) is 7.11. The zero-order valence-corrected chi connectivity index (χ0v) is 20.7. The largest absolute Gasteiger partial charge is 0.365 e. The second-order valence-corrected chi connectivity index (χ2v) is 9.90. The summed E-state index contributed by atoms with van der Waals surface area (Å²) in [5, 5.41) is 3.45. The summed E-state index contributed by atoms with van der Waals surface area (Å²) in [6.07, 6.45) is 7.49. The molecule has 0 spiro atoms. The van der Waals surface area contributed by atoms with Crippen LogP contribution in [0.1, 0.15) is 37.7 Å². The quantitative estimate of drug-likeness (QED) is 0.418. The second kappa shape index (κ2) is 11.0. The van der Waals surface area contributed by atoms with Gasteiger partial charge in [-0.1, -0.05) is 24.1 Å². The molecule has 1 aromatic heterocycles. The standard InChI is InChI=1S/C27H29ClF3N5/c28-19-5-4-18(24(30)14-19)16-32-26-23(22-7-6-20(29)15-25(22)31)17-33-27(34-26)36-12-8-21(9-13-36)35-10-2-1-3-11-35/h4-7,14-15,17,21H,1-3,8-13,16H2,(H,32,33,34). The van der Waals surface area contributed by atoms with Crippen LogP contribution in [0.25, 0.3) is 11.1 Å². The first-order valence-corrected chi connectivity index (χ1v) is 12.8. The topological polar surface area (TPSA) is 44.3 Å². The smallest absolute Gasteiger partial charge is 0.227 e. The Bertz CT molecular complexity index is 1210. The lowest BCUT2D eigenvalue weighted by Gasteiger charge is -2.40. The SMILES string of the molecule is Fc1ccc(-c2cnc(N3CCC(N4CCCCC4)CC3)nc2NCc2ccc(Cl)cc2F)c(F)c1. The minimum Gasteiger partial charge on any atom is -0.365 e. The first-order valence-electron chi connectivity index (χ1n) is 12.5. The molecule has 36 heavy (non-hydrogen) atoms. The summed E-state index contributed by atoms with van der Waals surface area (Å²) in [4.78, 5) is 14.0. The Hall–Kier alpha value is -2.84. The van der Waals surface area contributed by atoms with Crippen molar-refractivity contribution in [2.45, 2.75) is 44.7 Å². The van der Waals surface area contributed by atoms with Gasteiger partial charge in [-0.25, -0.2) is 18.2 Å². The van der Waals surface area contributed by atoms with Crippen molar-refractivity contribution in [2.75, 3.05) is 36.4 Å². The van der Waals surface area contributed by atoms with Gasteiger partial charge < -0.3 is 15.1 Å². The van der Waals surface area contributed by atoms with E-state index in [1.807, 2.05) is 0 Å². The summed E-state index contributed by atoms with van der Waals surface area (Å²) in [6.45, 7) is 4.13. The maximum absolute atomic E-state index is 14.6. The number of hydrogen-bond acceptors (Lipinski definition) is 5. The number of nitrogens with one attached hydrogen (secondary N) is 1. The number of anilines is 2. The van der Waals surface area contributed by atoms with Crippen molar-refractivity contribution in [2.24, 2.45) is 0 Å². The Kier molecular flexibility index (Phi) is 7.62. The highest BCUT2D eigenvalue weighted by Gasteiger charge is 2.27. The highest BCUT2D eigenvalue weighted by molar-refractivity contribution is 6.30. The molecule has 1 N–H and O–H groups in total. The van der Waals surface area contributed by atoms with E-state index < -0.39 is 17.5 Å². The minimum atomic E-state index is -0.714. The lowest BCUT2D eigenvalue weighted by Crippen LogP contribution is -2.47. The molecule has 2 fully saturated rings. The summed E-state index contributed by atoms with van der Waals surface area (Å²) in [5.41, 5.74) is 0.951. The molecule has 0 amide bonds. The van der Waals surface area contributed by atoms with Crippen LogP contribution >= 0.6 is 11.6 Å². The summed E-state index contributed by atoms with van der Waals surface area (Å²) >= 11 is 5.87.